The minimum atomic E-state index is -3.04. The van der Waals surface area contributed by atoms with Gasteiger partial charge >= 0.3 is 0 Å². The van der Waals surface area contributed by atoms with Gasteiger partial charge in [-0.25, -0.2) is 8.42 Å². The first-order chi connectivity index (χ1) is 8.30. The summed E-state index contributed by atoms with van der Waals surface area (Å²) in [5.74, 6) is -0.322. The Morgan fingerprint density at radius 3 is 2.72 bits per heavy atom. The van der Waals surface area contributed by atoms with E-state index in [4.69, 9.17) is 5.73 Å². The molecule has 1 aliphatic rings. The van der Waals surface area contributed by atoms with E-state index in [9.17, 15) is 13.2 Å². The van der Waals surface area contributed by atoms with E-state index in [0.29, 0.717) is 5.69 Å². The zero-order valence-electron chi connectivity index (χ0n) is 10.3. The lowest BCUT2D eigenvalue weighted by molar-refractivity contribution is 0.0707. The van der Waals surface area contributed by atoms with Crippen molar-refractivity contribution in [1.29, 1.82) is 0 Å². The van der Waals surface area contributed by atoms with Crippen LogP contribution < -0.4 is 5.73 Å². The van der Waals surface area contributed by atoms with Crippen LogP contribution in [-0.2, 0) is 16.9 Å². The molecule has 0 bridgehead atoms. The van der Waals surface area contributed by atoms with E-state index in [2.05, 4.69) is 5.10 Å². The first kappa shape index (κ1) is 12.9. The summed E-state index contributed by atoms with van der Waals surface area (Å²) in [7, 11) is -1.36. The van der Waals surface area contributed by atoms with Gasteiger partial charge in [-0.15, -0.1) is 0 Å². The second-order valence-electron chi connectivity index (χ2n) is 4.57. The average Bonchev–Trinajstić information content (AvgIpc) is 2.55. The fraction of sp³-hybridized carbons (Fsp3) is 0.600. The van der Waals surface area contributed by atoms with Crippen molar-refractivity contribution in [1.82, 2.24) is 14.7 Å². The van der Waals surface area contributed by atoms with Gasteiger partial charge in [0.05, 0.1) is 17.2 Å². The number of anilines is 1. The Morgan fingerprint density at radius 1 is 1.56 bits per heavy atom. The molecule has 0 aliphatic carbocycles. The first-order valence-corrected chi connectivity index (χ1v) is 7.43. The van der Waals surface area contributed by atoms with Gasteiger partial charge in [-0.2, -0.15) is 5.10 Å². The molecule has 1 unspecified atom stereocenters. The SMILES string of the molecule is CC1CS(=O)(=O)CCN1C(=O)c1nn(C)cc1N. The highest BCUT2D eigenvalue weighted by Gasteiger charge is 2.33. The summed E-state index contributed by atoms with van der Waals surface area (Å²) in [6.45, 7) is 1.91. The van der Waals surface area contributed by atoms with Crippen LogP contribution in [0, 0.1) is 0 Å². The molecular formula is C10H16N4O3S. The van der Waals surface area contributed by atoms with Crippen molar-refractivity contribution in [3.05, 3.63) is 11.9 Å². The van der Waals surface area contributed by atoms with Crippen LogP contribution in [0.4, 0.5) is 5.69 Å². The monoisotopic (exact) mass is 272 g/mol. The smallest absolute Gasteiger partial charge is 0.276 e. The normalized spacial score (nSPS) is 23.0. The van der Waals surface area contributed by atoms with E-state index in [1.807, 2.05) is 0 Å². The largest absolute Gasteiger partial charge is 0.396 e. The van der Waals surface area contributed by atoms with Crippen LogP contribution in [0.3, 0.4) is 0 Å². The minimum absolute atomic E-state index is 0.00415. The summed E-state index contributed by atoms with van der Waals surface area (Å²) in [6.07, 6.45) is 1.55. The number of carbonyl (C=O) groups is 1. The number of hydrogen-bond acceptors (Lipinski definition) is 5. The van der Waals surface area contributed by atoms with Gasteiger partial charge in [-0.05, 0) is 6.92 Å². The van der Waals surface area contributed by atoms with Crippen LogP contribution in [0.2, 0.25) is 0 Å². The van der Waals surface area contributed by atoms with Gasteiger partial charge in [0.15, 0.2) is 15.5 Å². The second-order valence-corrected chi connectivity index (χ2v) is 6.80. The molecule has 1 saturated heterocycles. The fourth-order valence-electron chi connectivity index (χ4n) is 2.11. The topological polar surface area (TPSA) is 98.3 Å². The second kappa shape index (κ2) is 4.27. The van der Waals surface area contributed by atoms with Crippen LogP contribution in [-0.4, -0.2) is 53.1 Å². The highest BCUT2D eigenvalue weighted by atomic mass is 32.2. The quantitative estimate of drug-likeness (QED) is 0.726. The highest BCUT2D eigenvalue weighted by Crippen LogP contribution is 2.17. The van der Waals surface area contributed by atoms with E-state index in [-0.39, 0.29) is 35.7 Å². The van der Waals surface area contributed by atoms with Crippen LogP contribution >= 0.6 is 0 Å². The molecule has 1 atom stereocenters. The predicted octanol–water partition coefficient (Wildman–Crippen LogP) is -0.739. The molecular weight excluding hydrogens is 256 g/mol. The number of hydrogen-bond donors (Lipinski definition) is 1. The molecule has 7 nitrogen and oxygen atoms in total. The average molecular weight is 272 g/mol. The molecule has 2 N–H and O–H groups in total. The molecule has 1 fully saturated rings. The third kappa shape index (κ3) is 2.33. The van der Waals surface area contributed by atoms with Gasteiger partial charge in [0, 0.05) is 25.8 Å². The van der Waals surface area contributed by atoms with E-state index >= 15 is 0 Å². The minimum Gasteiger partial charge on any atom is -0.396 e. The molecule has 0 saturated carbocycles. The van der Waals surface area contributed by atoms with Gasteiger partial charge in [-0.1, -0.05) is 0 Å². The summed E-state index contributed by atoms with van der Waals surface area (Å²) in [6, 6.07) is -0.349. The van der Waals surface area contributed by atoms with E-state index < -0.39 is 9.84 Å². The Morgan fingerprint density at radius 2 is 2.22 bits per heavy atom. The van der Waals surface area contributed by atoms with Crippen LogP contribution in [0.1, 0.15) is 17.4 Å². The third-order valence-corrected chi connectivity index (χ3v) is 4.79. The number of rotatable bonds is 1. The van der Waals surface area contributed by atoms with E-state index in [0.717, 1.165) is 0 Å². The molecule has 2 heterocycles. The number of aromatic nitrogens is 2. The number of amides is 1. The molecule has 0 aromatic carbocycles. The van der Waals surface area contributed by atoms with Crippen molar-refractivity contribution in [2.75, 3.05) is 23.8 Å². The lowest BCUT2D eigenvalue weighted by Gasteiger charge is -2.32. The molecule has 0 spiro atoms. The van der Waals surface area contributed by atoms with Crippen molar-refractivity contribution in [3.63, 3.8) is 0 Å². The van der Waals surface area contributed by atoms with E-state index in [1.54, 1.807) is 20.2 Å². The number of carbonyl (C=O) groups excluding carboxylic acids is 1. The zero-order chi connectivity index (χ0) is 13.5. The van der Waals surface area contributed by atoms with Crippen molar-refractivity contribution in [2.45, 2.75) is 13.0 Å². The zero-order valence-corrected chi connectivity index (χ0v) is 11.1. The molecule has 1 aromatic rings. The summed E-state index contributed by atoms with van der Waals surface area (Å²) in [4.78, 5) is 13.7. The molecule has 1 aliphatic heterocycles. The summed E-state index contributed by atoms with van der Waals surface area (Å²) >= 11 is 0. The number of aryl methyl sites for hydroxylation is 1. The summed E-state index contributed by atoms with van der Waals surface area (Å²) in [5.41, 5.74) is 6.19. The molecule has 8 heteroatoms. The maximum absolute atomic E-state index is 12.2. The maximum Gasteiger partial charge on any atom is 0.276 e. The van der Waals surface area contributed by atoms with Gasteiger partial charge in [0.2, 0.25) is 0 Å². The fourth-order valence-corrected chi connectivity index (χ4v) is 3.67. The number of sulfone groups is 1. The molecule has 0 radical (unpaired) electrons. The van der Waals surface area contributed by atoms with Crippen molar-refractivity contribution < 1.29 is 13.2 Å². The Balaban J connectivity index is 2.23. The molecule has 1 amide bonds. The Labute approximate surface area is 105 Å². The summed E-state index contributed by atoms with van der Waals surface area (Å²) < 4.78 is 24.4. The molecule has 1 aromatic heterocycles. The Kier molecular flexibility index (Phi) is 3.05. The van der Waals surface area contributed by atoms with Crippen molar-refractivity contribution in [3.8, 4) is 0 Å². The number of nitrogen functional groups attached to an aromatic ring is 1. The molecule has 100 valence electrons. The van der Waals surface area contributed by atoms with Gasteiger partial charge in [-0.3, -0.25) is 9.48 Å². The lowest BCUT2D eigenvalue weighted by atomic mass is 10.2. The third-order valence-electron chi connectivity index (χ3n) is 2.99. The van der Waals surface area contributed by atoms with Crippen LogP contribution in [0.5, 0.6) is 0 Å². The maximum atomic E-state index is 12.2. The Bertz CT molecular complexity index is 578. The van der Waals surface area contributed by atoms with Crippen molar-refractivity contribution >= 4 is 21.4 Å². The number of nitrogens with two attached hydrogens (primary N) is 1. The van der Waals surface area contributed by atoms with Gasteiger partial charge in [0.1, 0.15) is 0 Å². The Hall–Kier alpha value is -1.57. The van der Waals surface area contributed by atoms with Gasteiger partial charge < -0.3 is 10.6 Å². The van der Waals surface area contributed by atoms with E-state index in [1.165, 1.54) is 9.58 Å². The van der Waals surface area contributed by atoms with Crippen LogP contribution in [0.15, 0.2) is 6.20 Å². The van der Waals surface area contributed by atoms with Crippen molar-refractivity contribution in [2.24, 2.45) is 7.05 Å². The molecule has 18 heavy (non-hydrogen) atoms. The summed E-state index contributed by atoms with van der Waals surface area (Å²) in [5, 5.41) is 4.01. The highest BCUT2D eigenvalue weighted by molar-refractivity contribution is 7.91. The van der Waals surface area contributed by atoms with Gasteiger partial charge in [0.25, 0.3) is 5.91 Å². The lowest BCUT2D eigenvalue weighted by Crippen LogP contribution is -2.50. The predicted molar refractivity (Wildman–Crippen MR) is 66.8 cm³/mol. The molecule has 2 rings (SSSR count). The first-order valence-electron chi connectivity index (χ1n) is 5.60. The van der Waals surface area contributed by atoms with Crippen LogP contribution in [0.25, 0.3) is 0 Å². The standard InChI is InChI=1S/C10H16N4O3S/c1-7-6-18(16,17)4-3-14(7)10(15)9-8(11)5-13(2)12-9/h5,7H,3-4,6,11H2,1-2H3. The number of nitrogens with zero attached hydrogens (tertiary/aromatic N) is 3.